The van der Waals surface area contributed by atoms with Crippen molar-refractivity contribution in [2.75, 3.05) is 7.05 Å². The van der Waals surface area contributed by atoms with E-state index < -0.39 is 0 Å². The molecule has 0 radical (unpaired) electrons. The third-order valence-corrected chi connectivity index (χ3v) is 2.76. The first-order valence-corrected chi connectivity index (χ1v) is 5.25. The Morgan fingerprint density at radius 3 is 1.64 bits per heavy atom. The fraction of sp³-hybridized carbons (Fsp3) is 0.917. The lowest BCUT2D eigenvalue weighted by atomic mass is 9.85. The summed E-state index contributed by atoms with van der Waals surface area (Å²) in [6.45, 7) is 14.3. The van der Waals surface area contributed by atoms with Gasteiger partial charge in [0.25, 0.3) is 0 Å². The van der Waals surface area contributed by atoms with Gasteiger partial charge < -0.3 is 0 Å². The van der Waals surface area contributed by atoms with E-state index in [2.05, 4.69) is 25.7 Å². The van der Waals surface area contributed by atoms with Gasteiger partial charge in [0.05, 0.1) is 6.04 Å². The van der Waals surface area contributed by atoms with Crippen molar-refractivity contribution in [3.63, 3.8) is 0 Å². The van der Waals surface area contributed by atoms with Crippen molar-refractivity contribution < 1.29 is 4.79 Å². The number of rotatable bonds is 2. The number of nitrogens with zero attached hydrogens (tertiary/aromatic N) is 1. The molecule has 0 aliphatic heterocycles. The predicted octanol–water partition coefficient (Wildman–Crippen LogP) is 2.72. The summed E-state index contributed by atoms with van der Waals surface area (Å²) < 4.78 is 0. The molecule has 14 heavy (non-hydrogen) atoms. The van der Waals surface area contributed by atoms with Gasteiger partial charge in [-0.05, 0) is 34.7 Å². The normalized spacial score (nSPS) is 15.8. The van der Waals surface area contributed by atoms with Crippen molar-refractivity contribution in [1.82, 2.24) is 4.90 Å². The van der Waals surface area contributed by atoms with Crippen LogP contribution >= 0.6 is 0 Å². The Balaban J connectivity index is 4.65. The standard InChI is InChI=1S/C12H25NO/c1-9(10(14)11(2,3)4)13(8)12(5,6)7/h9H,1-8H3. The van der Waals surface area contributed by atoms with E-state index in [1.54, 1.807) is 0 Å². The first kappa shape index (κ1) is 13.6. The van der Waals surface area contributed by atoms with Crippen LogP contribution in [0.15, 0.2) is 0 Å². The van der Waals surface area contributed by atoms with E-state index in [0.717, 1.165) is 0 Å². The Bertz CT molecular complexity index is 207. The van der Waals surface area contributed by atoms with Crippen LogP contribution in [0, 0.1) is 5.41 Å². The molecule has 0 aromatic heterocycles. The number of likely N-dealkylation sites (N-methyl/N-ethyl adjacent to an activating group) is 1. The third-order valence-electron chi connectivity index (χ3n) is 2.76. The average molecular weight is 199 g/mol. The van der Waals surface area contributed by atoms with Gasteiger partial charge in [-0.1, -0.05) is 20.8 Å². The third kappa shape index (κ3) is 3.41. The minimum Gasteiger partial charge on any atom is -0.297 e. The zero-order valence-corrected chi connectivity index (χ0v) is 10.9. The van der Waals surface area contributed by atoms with Crippen molar-refractivity contribution in [3.05, 3.63) is 0 Å². The van der Waals surface area contributed by atoms with Gasteiger partial charge in [-0.15, -0.1) is 0 Å². The highest BCUT2D eigenvalue weighted by Gasteiger charge is 2.32. The van der Waals surface area contributed by atoms with Crippen LogP contribution in [0.2, 0.25) is 0 Å². The van der Waals surface area contributed by atoms with Gasteiger partial charge in [-0.25, -0.2) is 0 Å². The summed E-state index contributed by atoms with van der Waals surface area (Å²) in [5.41, 5.74) is -0.209. The molecule has 0 amide bonds. The Morgan fingerprint density at radius 1 is 1.07 bits per heavy atom. The van der Waals surface area contributed by atoms with Gasteiger partial charge in [-0.2, -0.15) is 0 Å². The summed E-state index contributed by atoms with van der Waals surface area (Å²) >= 11 is 0. The van der Waals surface area contributed by atoms with Gasteiger partial charge in [-0.3, -0.25) is 9.69 Å². The SMILES string of the molecule is CC(C(=O)C(C)(C)C)N(C)C(C)(C)C. The van der Waals surface area contributed by atoms with E-state index in [9.17, 15) is 4.79 Å². The van der Waals surface area contributed by atoms with Crippen molar-refractivity contribution in [1.29, 1.82) is 0 Å². The first-order chi connectivity index (χ1) is 5.98. The molecule has 0 rings (SSSR count). The van der Waals surface area contributed by atoms with Crippen molar-refractivity contribution in [3.8, 4) is 0 Å². The summed E-state index contributed by atoms with van der Waals surface area (Å²) in [6, 6.07) is -0.0185. The molecule has 2 nitrogen and oxygen atoms in total. The molecule has 2 heteroatoms. The Hall–Kier alpha value is -0.370. The fourth-order valence-corrected chi connectivity index (χ4v) is 1.38. The number of Topliss-reactive ketones (excluding diaryl/α,β-unsaturated/α-hetero) is 1. The fourth-order valence-electron chi connectivity index (χ4n) is 1.38. The number of carbonyl (C=O) groups excluding carboxylic acids is 1. The van der Waals surface area contributed by atoms with Crippen molar-refractivity contribution in [2.45, 2.75) is 60.0 Å². The van der Waals surface area contributed by atoms with E-state index >= 15 is 0 Å². The van der Waals surface area contributed by atoms with E-state index in [1.807, 2.05) is 34.7 Å². The molecule has 0 saturated carbocycles. The molecular formula is C12H25NO. The molecule has 0 bridgehead atoms. The summed E-state index contributed by atoms with van der Waals surface area (Å²) in [7, 11) is 2.01. The minimum absolute atomic E-state index is 0.0185. The van der Waals surface area contributed by atoms with Crippen LogP contribution in [0.1, 0.15) is 48.5 Å². The van der Waals surface area contributed by atoms with E-state index in [0.29, 0.717) is 5.78 Å². The monoisotopic (exact) mass is 199 g/mol. The summed E-state index contributed by atoms with van der Waals surface area (Å²) in [4.78, 5) is 14.1. The molecule has 0 aromatic carbocycles. The lowest BCUT2D eigenvalue weighted by Crippen LogP contribution is -2.50. The first-order valence-electron chi connectivity index (χ1n) is 5.25. The molecule has 0 heterocycles. The Morgan fingerprint density at radius 2 is 1.43 bits per heavy atom. The van der Waals surface area contributed by atoms with Crippen LogP contribution in [0.3, 0.4) is 0 Å². The molecule has 1 unspecified atom stereocenters. The molecule has 0 aliphatic rings. The zero-order chi connectivity index (χ0) is 11.7. The van der Waals surface area contributed by atoms with Crippen LogP contribution in [-0.2, 0) is 4.79 Å². The molecule has 1 atom stereocenters. The minimum atomic E-state index is -0.251. The summed E-state index contributed by atoms with van der Waals surface area (Å²) in [5, 5.41) is 0. The van der Waals surface area contributed by atoms with Crippen LogP contribution in [0.5, 0.6) is 0 Å². The van der Waals surface area contributed by atoms with E-state index in [4.69, 9.17) is 0 Å². The smallest absolute Gasteiger partial charge is 0.154 e. The Kier molecular flexibility index (Phi) is 3.91. The molecule has 84 valence electrons. The van der Waals surface area contributed by atoms with E-state index in [-0.39, 0.29) is 17.0 Å². The maximum Gasteiger partial charge on any atom is 0.154 e. The number of carbonyl (C=O) groups is 1. The molecule has 0 aliphatic carbocycles. The predicted molar refractivity (Wildman–Crippen MR) is 61.4 cm³/mol. The highest BCUT2D eigenvalue weighted by molar-refractivity contribution is 5.88. The number of hydrogen-bond donors (Lipinski definition) is 0. The maximum absolute atomic E-state index is 12.0. The summed E-state index contributed by atoms with van der Waals surface area (Å²) in [6.07, 6.45) is 0. The van der Waals surface area contributed by atoms with Gasteiger partial charge in [0.2, 0.25) is 0 Å². The second-order valence-corrected chi connectivity index (χ2v) is 6.07. The topological polar surface area (TPSA) is 20.3 Å². The molecule has 0 spiro atoms. The molecule has 0 saturated heterocycles. The van der Waals surface area contributed by atoms with Crippen molar-refractivity contribution in [2.24, 2.45) is 5.41 Å². The highest BCUT2D eigenvalue weighted by atomic mass is 16.1. The number of ketones is 1. The van der Waals surface area contributed by atoms with Gasteiger partial charge in [0.1, 0.15) is 0 Å². The average Bonchev–Trinajstić information content (AvgIpc) is 1.97. The van der Waals surface area contributed by atoms with Crippen LogP contribution in [0.4, 0.5) is 0 Å². The van der Waals surface area contributed by atoms with Crippen LogP contribution in [-0.4, -0.2) is 29.3 Å². The molecule has 0 N–H and O–H groups in total. The van der Waals surface area contributed by atoms with Crippen molar-refractivity contribution >= 4 is 5.78 Å². The molecule has 0 aromatic rings. The van der Waals surface area contributed by atoms with Crippen LogP contribution < -0.4 is 0 Å². The van der Waals surface area contributed by atoms with E-state index in [1.165, 1.54) is 0 Å². The second kappa shape index (κ2) is 4.01. The Labute approximate surface area is 88.7 Å². The summed E-state index contributed by atoms with van der Waals surface area (Å²) in [5.74, 6) is 0.301. The molecule has 0 fully saturated rings. The van der Waals surface area contributed by atoms with Gasteiger partial charge in [0, 0.05) is 11.0 Å². The van der Waals surface area contributed by atoms with Crippen LogP contribution in [0.25, 0.3) is 0 Å². The number of hydrogen-bond acceptors (Lipinski definition) is 2. The lowest BCUT2D eigenvalue weighted by molar-refractivity contribution is -0.132. The second-order valence-electron chi connectivity index (χ2n) is 6.07. The van der Waals surface area contributed by atoms with Gasteiger partial charge >= 0.3 is 0 Å². The van der Waals surface area contributed by atoms with Gasteiger partial charge in [0.15, 0.2) is 5.78 Å². The zero-order valence-electron chi connectivity index (χ0n) is 10.9. The lowest BCUT2D eigenvalue weighted by Gasteiger charge is -2.38. The highest BCUT2D eigenvalue weighted by Crippen LogP contribution is 2.22. The quantitative estimate of drug-likeness (QED) is 0.681. The maximum atomic E-state index is 12.0. The molecular weight excluding hydrogens is 174 g/mol. The largest absolute Gasteiger partial charge is 0.297 e.